The largest absolute Gasteiger partial charge is 0.372 e. The van der Waals surface area contributed by atoms with E-state index in [0.717, 1.165) is 31.6 Å². The van der Waals surface area contributed by atoms with Gasteiger partial charge in [-0.2, -0.15) is 5.10 Å². The molecule has 0 saturated carbocycles. The Labute approximate surface area is 119 Å². The van der Waals surface area contributed by atoms with Gasteiger partial charge in [-0.05, 0) is 24.5 Å². The Morgan fingerprint density at radius 2 is 2.30 bits per heavy atom. The van der Waals surface area contributed by atoms with Crippen LogP contribution in [0.1, 0.15) is 30.1 Å². The molecule has 5 heteroatoms. The molecule has 1 fully saturated rings. The number of rotatable bonds is 4. The van der Waals surface area contributed by atoms with Crippen LogP contribution in [-0.2, 0) is 25.4 Å². The van der Waals surface area contributed by atoms with E-state index in [1.807, 2.05) is 31.2 Å². The number of hydrogen-bond donors (Lipinski definition) is 1. The van der Waals surface area contributed by atoms with E-state index in [1.54, 1.807) is 0 Å². The minimum atomic E-state index is 0.112. The maximum absolute atomic E-state index is 5.96. The van der Waals surface area contributed by atoms with Crippen molar-refractivity contribution in [3.05, 3.63) is 42.0 Å². The van der Waals surface area contributed by atoms with Crippen molar-refractivity contribution in [2.75, 3.05) is 6.61 Å². The Morgan fingerprint density at radius 3 is 3.00 bits per heavy atom. The zero-order chi connectivity index (χ0) is 13.9. The fourth-order valence-corrected chi connectivity index (χ4v) is 2.82. The number of aromatic nitrogens is 3. The highest BCUT2D eigenvalue weighted by Crippen LogP contribution is 2.28. The lowest BCUT2D eigenvalue weighted by Crippen LogP contribution is -2.38. The molecular weight excluding hydrogens is 252 g/mol. The fourth-order valence-electron chi connectivity index (χ4n) is 2.82. The molecule has 3 rings (SSSR count). The molecule has 0 radical (unpaired) electrons. The summed E-state index contributed by atoms with van der Waals surface area (Å²) < 4.78 is 9.87. The molecule has 2 atom stereocenters. The summed E-state index contributed by atoms with van der Waals surface area (Å²) in [5.74, 6) is 0. The van der Waals surface area contributed by atoms with Crippen molar-refractivity contribution in [2.45, 2.75) is 31.5 Å². The molecular formula is C15H22N4O. The van der Waals surface area contributed by atoms with Crippen molar-refractivity contribution in [1.82, 2.24) is 19.7 Å². The maximum Gasteiger partial charge on any atom is 0.101 e. The highest BCUT2D eigenvalue weighted by molar-refractivity contribution is 5.13. The maximum atomic E-state index is 5.96. The van der Waals surface area contributed by atoms with Gasteiger partial charge in [0.1, 0.15) is 6.10 Å². The predicted octanol–water partition coefficient (Wildman–Crippen LogP) is 1.77. The molecule has 2 aromatic rings. The van der Waals surface area contributed by atoms with Crippen molar-refractivity contribution < 1.29 is 4.74 Å². The second kappa shape index (κ2) is 5.81. The lowest BCUT2D eigenvalue weighted by molar-refractivity contribution is -0.0112. The van der Waals surface area contributed by atoms with Gasteiger partial charge in [-0.15, -0.1) is 0 Å². The average Bonchev–Trinajstić information content (AvgIpc) is 3.06. The molecule has 2 aromatic heterocycles. The first kappa shape index (κ1) is 13.4. The van der Waals surface area contributed by atoms with Crippen LogP contribution >= 0.6 is 0 Å². The lowest BCUT2D eigenvalue weighted by atomic mass is 9.98. The molecule has 1 saturated heterocycles. The van der Waals surface area contributed by atoms with E-state index >= 15 is 0 Å². The monoisotopic (exact) mass is 274 g/mol. The third-order valence-electron chi connectivity index (χ3n) is 3.84. The number of aryl methyl sites for hydroxylation is 2. The summed E-state index contributed by atoms with van der Waals surface area (Å²) in [7, 11) is 3.99. The van der Waals surface area contributed by atoms with Gasteiger partial charge in [0.25, 0.3) is 0 Å². The molecule has 0 spiro atoms. The van der Waals surface area contributed by atoms with E-state index in [2.05, 4.69) is 33.4 Å². The quantitative estimate of drug-likeness (QED) is 0.924. The normalized spacial score (nSPS) is 23.1. The smallest absolute Gasteiger partial charge is 0.101 e. The molecule has 0 amide bonds. The number of nitrogens with one attached hydrogen (secondary N) is 1. The molecule has 0 aliphatic carbocycles. The van der Waals surface area contributed by atoms with Crippen LogP contribution in [0.3, 0.4) is 0 Å². The van der Waals surface area contributed by atoms with Gasteiger partial charge in [-0.3, -0.25) is 4.68 Å². The molecule has 0 bridgehead atoms. The zero-order valence-electron chi connectivity index (χ0n) is 12.1. The van der Waals surface area contributed by atoms with Gasteiger partial charge in [0.2, 0.25) is 0 Å². The van der Waals surface area contributed by atoms with Crippen LogP contribution in [0.2, 0.25) is 0 Å². The summed E-state index contributed by atoms with van der Waals surface area (Å²) in [6.07, 6.45) is 10.6. The Balaban J connectivity index is 1.66. The van der Waals surface area contributed by atoms with Crippen LogP contribution in [0.5, 0.6) is 0 Å². The van der Waals surface area contributed by atoms with E-state index in [1.165, 1.54) is 5.56 Å². The first-order valence-electron chi connectivity index (χ1n) is 7.17. The summed E-state index contributed by atoms with van der Waals surface area (Å²) in [6.45, 7) is 1.72. The Bertz CT molecular complexity index is 560. The second-order valence-corrected chi connectivity index (χ2v) is 5.55. The van der Waals surface area contributed by atoms with E-state index in [4.69, 9.17) is 4.74 Å². The highest BCUT2D eigenvalue weighted by atomic mass is 16.5. The van der Waals surface area contributed by atoms with Crippen molar-refractivity contribution >= 4 is 0 Å². The van der Waals surface area contributed by atoms with Gasteiger partial charge in [-0.25, -0.2) is 0 Å². The molecule has 1 N–H and O–H groups in total. The van der Waals surface area contributed by atoms with Crippen molar-refractivity contribution in [1.29, 1.82) is 0 Å². The number of nitrogens with zero attached hydrogens (tertiary/aromatic N) is 3. The molecule has 1 aliphatic rings. The van der Waals surface area contributed by atoms with Crippen LogP contribution in [0, 0.1) is 0 Å². The molecule has 0 unspecified atom stereocenters. The summed E-state index contributed by atoms with van der Waals surface area (Å²) in [5.41, 5.74) is 2.47. The lowest BCUT2D eigenvalue weighted by Gasteiger charge is -2.32. The van der Waals surface area contributed by atoms with Crippen LogP contribution in [0.15, 0.2) is 30.9 Å². The fraction of sp³-hybridized carbons (Fsp3) is 0.533. The van der Waals surface area contributed by atoms with Gasteiger partial charge in [0, 0.05) is 57.4 Å². The minimum Gasteiger partial charge on any atom is -0.372 e. The second-order valence-electron chi connectivity index (χ2n) is 5.55. The Hall–Kier alpha value is -1.59. The van der Waals surface area contributed by atoms with E-state index < -0.39 is 0 Å². The molecule has 5 nitrogen and oxygen atoms in total. The van der Waals surface area contributed by atoms with Gasteiger partial charge < -0.3 is 14.6 Å². The average molecular weight is 274 g/mol. The zero-order valence-corrected chi connectivity index (χ0v) is 12.1. The number of ether oxygens (including phenoxy) is 1. The summed E-state index contributed by atoms with van der Waals surface area (Å²) in [4.78, 5) is 0. The Kier molecular flexibility index (Phi) is 3.89. The van der Waals surface area contributed by atoms with Crippen LogP contribution in [-0.4, -0.2) is 27.0 Å². The molecule has 1 aliphatic heterocycles. The van der Waals surface area contributed by atoms with E-state index in [-0.39, 0.29) is 6.10 Å². The third kappa shape index (κ3) is 2.94. The highest BCUT2D eigenvalue weighted by Gasteiger charge is 2.28. The first-order valence-corrected chi connectivity index (χ1v) is 7.17. The standard InChI is InChI=1S/C15H22N4O/c1-18-6-5-12(10-18)8-16-14-4-3-7-20-15(14)13-9-17-19(2)11-13/h5-6,9-11,14-16H,3-4,7-8H2,1-2H3/t14-,15+/m0/s1. The number of hydrogen-bond acceptors (Lipinski definition) is 3. The molecule has 0 aromatic carbocycles. The third-order valence-corrected chi connectivity index (χ3v) is 3.84. The van der Waals surface area contributed by atoms with Crippen molar-refractivity contribution in [2.24, 2.45) is 14.1 Å². The molecule has 3 heterocycles. The van der Waals surface area contributed by atoms with Crippen LogP contribution in [0.25, 0.3) is 0 Å². The summed E-state index contributed by atoms with van der Waals surface area (Å²) in [6, 6.07) is 2.50. The van der Waals surface area contributed by atoms with E-state index in [9.17, 15) is 0 Å². The van der Waals surface area contributed by atoms with Gasteiger partial charge in [-0.1, -0.05) is 0 Å². The van der Waals surface area contributed by atoms with Crippen molar-refractivity contribution in [3.63, 3.8) is 0 Å². The van der Waals surface area contributed by atoms with Crippen LogP contribution in [0.4, 0.5) is 0 Å². The minimum absolute atomic E-state index is 0.112. The topological polar surface area (TPSA) is 44.0 Å². The molecule has 108 valence electrons. The van der Waals surface area contributed by atoms with E-state index in [0.29, 0.717) is 6.04 Å². The predicted molar refractivity (Wildman–Crippen MR) is 77.2 cm³/mol. The van der Waals surface area contributed by atoms with Crippen LogP contribution < -0.4 is 5.32 Å². The van der Waals surface area contributed by atoms with Crippen molar-refractivity contribution in [3.8, 4) is 0 Å². The van der Waals surface area contributed by atoms with Gasteiger partial charge in [0.05, 0.1) is 6.20 Å². The van der Waals surface area contributed by atoms with Gasteiger partial charge >= 0.3 is 0 Å². The SMILES string of the molecule is Cn1ccc(CN[C@H]2CCCO[C@@H]2c2cnn(C)c2)c1. The first-order chi connectivity index (χ1) is 9.72. The van der Waals surface area contributed by atoms with Gasteiger partial charge in [0.15, 0.2) is 0 Å². The molecule has 20 heavy (non-hydrogen) atoms. The Morgan fingerprint density at radius 1 is 1.40 bits per heavy atom. The summed E-state index contributed by atoms with van der Waals surface area (Å²) in [5, 5.41) is 7.89. The summed E-state index contributed by atoms with van der Waals surface area (Å²) >= 11 is 0.